The van der Waals surface area contributed by atoms with Gasteiger partial charge in [0.1, 0.15) is 17.4 Å². The van der Waals surface area contributed by atoms with E-state index in [1.165, 1.54) is 7.11 Å². The number of hydrogen-bond acceptors (Lipinski definition) is 8. The Kier molecular flexibility index (Phi) is 6.71. The van der Waals surface area contributed by atoms with E-state index in [-0.39, 0.29) is 16.9 Å². The molecule has 41 heavy (non-hydrogen) atoms. The number of rotatable bonds is 6. The Bertz CT molecular complexity index is 1730. The first-order chi connectivity index (χ1) is 20.1. The molecular weight excluding hydrogens is 518 g/mol. The Morgan fingerprint density at radius 3 is 1.95 bits per heavy atom. The summed E-state index contributed by atoms with van der Waals surface area (Å²) < 4.78 is 10.9. The summed E-state index contributed by atoms with van der Waals surface area (Å²) in [6.07, 6.45) is 0.712. The lowest BCUT2D eigenvalue weighted by molar-refractivity contribution is -0.136. The van der Waals surface area contributed by atoms with Crippen molar-refractivity contribution in [3.8, 4) is 0 Å². The lowest BCUT2D eigenvalue weighted by Crippen LogP contribution is -2.32. The molecule has 0 fully saturated rings. The fourth-order valence-electron chi connectivity index (χ4n) is 4.77. The number of para-hydroxylation sites is 2. The van der Waals surface area contributed by atoms with Crippen LogP contribution in [-0.4, -0.2) is 31.2 Å². The van der Waals surface area contributed by atoms with Crippen LogP contribution >= 0.6 is 0 Å². The maximum atomic E-state index is 13.8. The Morgan fingerprint density at radius 1 is 0.780 bits per heavy atom. The highest BCUT2D eigenvalue weighted by molar-refractivity contribution is 6.21. The van der Waals surface area contributed by atoms with Crippen LogP contribution in [0.5, 0.6) is 0 Å². The monoisotopic (exact) mass is 541 g/mol. The van der Waals surface area contributed by atoms with Gasteiger partial charge in [0.15, 0.2) is 17.4 Å². The van der Waals surface area contributed by atoms with Gasteiger partial charge in [0.05, 0.1) is 12.8 Å². The number of benzene rings is 4. The van der Waals surface area contributed by atoms with E-state index in [4.69, 9.17) is 14.6 Å². The molecule has 6 rings (SSSR count). The van der Waals surface area contributed by atoms with Crippen LogP contribution in [0.3, 0.4) is 0 Å². The van der Waals surface area contributed by atoms with Gasteiger partial charge < -0.3 is 9.47 Å². The number of aldehydes is 1. The molecule has 8 nitrogen and oxygen atoms in total. The van der Waals surface area contributed by atoms with Crippen LogP contribution in [0, 0.1) is 0 Å². The summed E-state index contributed by atoms with van der Waals surface area (Å²) in [5.74, 6) is -0.589. The van der Waals surface area contributed by atoms with E-state index in [2.05, 4.69) is 0 Å². The molecule has 0 aliphatic carbocycles. The molecule has 8 heteroatoms. The molecule has 4 aromatic carbocycles. The quantitative estimate of drug-likeness (QED) is 0.180. The highest BCUT2D eigenvalue weighted by Gasteiger charge is 2.45. The third kappa shape index (κ3) is 4.57. The fraction of sp³-hybridized carbons (Fsp3) is 0.0303. The predicted molar refractivity (Wildman–Crippen MR) is 155 cm³/mol. The van der Waals surface area contributed by atoms with Crippen molar-refractivity contribution in [3.63, 3.8) is 0 Å². The molecule has 0 radical (unpaired) electrons. The van der Waals surface area contributed by atoms with E-state index < -0.39 is 11.9 Å². The van der Waals surface area contributed by atoms with Crippen LogP contribution in [0.15, 0.2) is 137 Å². The summed E-state index contributed by atoms with van der Waals surface area (Å²) in [6.45, 7) is 0. The van der Waals surface area contributed by atoms with Gasteiger partial charge >= 0.3 is 11.9 Å². The number of esters is 2. The van der Waals surface area contributed by atoms with E-state index in [1.807, 2.05) is 95.9 Å². The van der Waals surface area contributed by atoms with E-state index in [1.54, 1.807) is 29.3 Å². The topological polar surface area (TPSA) is 88.5 Å². The highest BCUT2D eigenvalue weighted by atomic mass is 16.6. The van der Waals surface area contributed by atoms with Crippen molar-refractivity contribution in [1.82, 2.24) is 0 Å². The smallest absolute Gasteiger partial charge is 0.348 e. The first-order valence-corrected chi connectivity index (χ1v) is 12.8. The summed E-state index contributed by atoms with van der Waals surface area (Å²) in [6, 6.07) is 34.8. The fourth-order valence-corrected chi connectivity index (χ4v) is 4.77. The van der Waals surface area contributed by atoms with Crippen LogP contribution in [0.2, 0.25) is 0 Å². The zero-order chi connectivity index (χ0) is 28.3. The molecule has 0 amide bonds. The lowest BCUT2D eigenvalue weighted by Gasteiger charge is -2.26. The lowest BCUT2D eigenvalue weighted by atomic mass is 10.0. The predicted octanol–water partition coefficient (Wildman–Crippen LogP) is 5.54. The number of amidine groups is 1. The van der Waals surface area contributed by atoms with Crippen LogP contribution in [0.25, 0.3) is 5.76 Å². The van der Waals surface area contributed by atoms with Gasteiger partial charge in [-0.2, -0.15) is 0 Å². The van der Waals surface area contributed by atoms with Gasteiger partial charge in [-0.15, -0.1) is 5.10 Å². The molecule has 2 heterocycles. The molecule has 0 spiro atoms. The van der Waals surface area contributed by atoms with Gasteiger partial charge in [-0.25, -0.2) is 14.6 Å². The Balaban J connectivity index is 1.67. The van der Waals surface area contributed by atoms with E-state index in [0.29, 0.717) is 34.8 Å². The van der Waals surface area contributed by atoms with Crippen LogP contribution < -0.4 is 9.91 Å². The van der Waals surface area contributed by atoms with Gasteiger partial charge in [-0.1, -0.05) is 91.0 Å². The van der Waals surface area contributed by atoms with Crippen molar-refractivity contribution in [1.29, 1.82) is 0 Å². The second kappa shape index (κ2) is 10.8. The minimum atomic E-state index is -0.748. The molecule has 4 aromatic rings. The summed E-state index contributed by atoms with van der Waals surface area (Å²) in [7, 11) is 1.25. The zero-order valence-corrected chi connectivity index (χ0v) is 21.9. The molecule has 200 valence electrons. The number of anilines is 2. The van der Waals surface area contributed by atoms with Gasteiger partial charge in [0.2, 0.25) is 0 Å². The molecule has 0 saturated carbocycles. The average Bonchev–Trinajstić information content (AvgIpc) is 3.60. The molecule has 0 atom stereocenters. The van der Waals surface area contributed by atoms with Crippen molar-refractivity contribution in [3.05, 3.63) is 149 Å². The number of carbonyl (C=O) groups is 3. The Hall–Kier alpha value is -5.76. The van der Waals surface area contributed by atoms with Crippen molar-refractivity contribution in [2.75, 3.05) is 17.0 Å². The molecule has 2 aliphatic heterocycles. The first-order valence-electron chi connectivity index (χ1n) is 12.8. The second-order valence-electron chi connectivity index (χ2n) is 9.13. The standard InChI is InChI=1S/C33H23N3O5/c1-40-32(38)27-28(33(39)41-29(27)23-19-17-22(21-37)18-20-23)31-35(25-13-7-3-8-14-25)30(24-11-5-2-6-12-24)34-36(31)26-15-9-4-10-16-26/h2-21H,1H3/b31-28+. The maximum Gasteiger partial charge on any atom is 0.348 e. The normalized spacial score (nSPS) is 16.5. The van der Waals surface area contributed by atoms with E-state index >= 15 is 0 Å². The summed E-state index contributed by atoms with van der Waals surface area (Å²) in [5.41, 5.74) is 3.03. The molecule has 2 aliphatic rings. The number of cyclic esters (lactones) is 1. The third-order valence-corrected chi connectivity index (χ3v) is 6.66. The SMILES string of the molecule is COC(=O)C1=C(c2ccc(C=O)cc2)OC(=O)/C1=C1/N(c2ccccc2)N=C(c2ccccc2)N1c1ccccc1. The van der Waals surface area contributed by atoms with Crippen LogP contribution in [0.1, 0.15) is 21.5 Å². The third-order valence-electron chi connectivity index (χ3n) is 6.66. The number of nitrogens with zero attached hydrogens (tertiary/aromatic N) is 3. The van der Waals surface area contributed by atoms with Gasteiger partial charge in [0.25, 0.3) is 0 Å². The maximum absolute atomic E-state index is 13.8. The van der Waals surface area contributed by atoms with Crippen molar-refractivity contribution in [2.45, 2.75) is 0 Å². The van der Waals surface area contributed by atoms with Crippen molar-refractivity contribution in [2.24, 2.45) is 5.10 Å². The minimum absolute atomic E-state index is 0.00583. The molecule has 0 aromatic heterocycles. The van der Waals surface area contributed by atoms with Crippen molar-refractivity contribution < 1.29 is 23.9 Å². The number of hydrogen-bond donors (Lipinski definition) is 0. The molecule has 0 bridgehead atoms. The molecule has 0 unspecified atom stereocenters. The van der Waals surface area contributed by atoms with E-state index in [9.17, 15) is 14.4 Å². The van der Waals surface area contributed by atoms with Crippen LogP contribution in [0.4, 0.5) is 11.4 Å². The zero-order valence-electron chi connectivity index (χ0n) is 21.9. The minimum Gasteiger partial charge on any atom is -0.465 e. The number of hydrazone groups is 1. The largest absolute Gasteiger partial charge is 0.465 e. The Morgan fingerprint density at radius 2 is 1.37 bits per heavy atom. The molecule has 0 N–H and O–H groups in total. The van der Waals surface area contributed by atoms with Gasteiger partial charge in [-0.3, -0.25) is 9.69 Å². The number of carbonyl (C=O) groups excluding carboxylic acids is 3. The van der Waals surface area contributed by atoms with Crippen LogP contribution in [-0.2, 0) is 19.1 Å². The van der Waals surface area contributed by atoms with E-state index in [0.717, 1.165) is 11.3 Å². The highest BCUT2D eigenvalue weighted by Crippen LogP contribution is 2.42. The summed E-state index contributed by atoms with van der Waals surface area (Å²) in [5, 5.41) is 6.62. The number of ether oxygens (including phenoxy) is 2. The van der Waals surface area contributed by atoms with Gasteiger partial charge in [-0.05, 0) is 24.3 Å². The first kappa shape index (κ1) is 25.5. The molecular formula is C33H23N3O5. The number of methoxy groups -OCH3 is 1. The molecule has 0 saturated heterocycles. The Labute approximate surface area is 236 Å². The summed E-state index contributed by atoms with van der Waals surface area (Å²) >= 11 is 0. The van der Waals surface area contributed by atoms with Gasteiger partial charge in [0, 0.05) is 22.4 Å². The second-order valence-corrected chi connectivity index (χ2v) is 9.13. The summed E-state index contributed by atoms with van der Waals surface area (Å²) in [4.78, 5) is 40.3. The average molecular weight is 542 g/mol. The van der Waals surface area contributed by atoms with Crippen molar-refractivity contribution >= 4 is 41.2 Å².